The zero-order valence-corrected chi connectivity index (χ0v) is 17.0. The maximum Gasteiger partial charge on any atom is 0.332 e. The Labute approximate surface area is 167 Å². The van der Waals surface area contributed by atoms with Crippen molar-refractivity contribution in [1.82, 2.24) is 24.0 Å². The lowest BCUT2D eigenvalue weighted by atomic mass is 10.2. The minimum absolute atomic E-state index is 0.151. The van der Waals surface area contributed by atoms with Gasteiger partial charge in [-0.05, 0) is 27.6 Å². The van der Waals surface area contributed by atoms with Gasteiger partial charge >= 0.3 is 5.69 Å². The van der Waals surface area contributed by atoms with Crippen LogP contribution in [0, 0.1) is 0 Å². The summed E-state index contributed by atoms with van der Waals surface area (Å²) in [6.45, 7) is 0.579. The fourth-order valence-electron chi connectivity index (χ4n) is 2.80. The molecule has 0 saturated carbocycles. The smallest absolute Gasteiger partial charge is 0.332 e. The summed E-state index contributed by atoms with van der Waals surface area (Å²) >= 11 is 9.38. The summed E-state index contributed by atoms with van der Waals surface area (Å²) in [5.41, 5.74) is 0.435. The van der Waals surface area contributed by atoms with E-state index in [0.29, 0.717) is 21.9 Å². The zero-order chi connectivity index (χ0) is 19.7. The number of nitrogens with zero attached hydrogens (tertiary/aromatic N) is 4. The van der Waals surface area contributed by atoms with Gasteiger partial charge < -0.3 is 9.88 Å². The Balaban J connectivity index is 1.78. The second-order valence-corrected chi connectivity index (χ2v) is 7.15. The summed E-state index contributed by atoms with van der Waals surface area (Å²) < 4.78 is 4.36. The van der Waals surface area contributed by atoms with Gasteiger partial charge in [-0.25, -0.2) is 9.78 Å². The number of nitrogens with one attached hydrogen (secondary N) is 1. The summed E-state index contributed by atoms with van der Waals surface area (Å²) in [6, 6.07) is 7.28. The van der Waals surface area contributed by atoms with Crippen LogP contribution in [0.2, 0.25) is 5.02 Å². The minimum Gasteiger partial charge on any atom is -0.352 e. The van der Waals surface area contributed by atoms with E-state index in [4.69, 9.17) is 11.6 Å². The Morgan fingerprint density at radius 1 is 1.22 bits per heavy atom. The molecule has 0 radical (unpaired) electrons. The lowest BCUT2D eigenvalue weighted by molar-refractivity contribution is -0.121. The molecule has 2 heterocycles. The Morgan fingerprint density at radius 3 is 2.63 bits per heavy atom. The number of fused-ring (bicyclic) bond motifs is 1. The molecule has 0 aliphatic rings. The van der Waals surface area contributed by atoms with Crippen LogP contribution in [-0.2, 0) is 32.0 Å². The number of hydrogen-bond acceptors (Lipinski definition) is 4. The average Bonchev–Trinajstić information content (AvgIpc) is 2.98. The number of halogens is 2. The van der Waals surface area contributed by atoms with Gasteiger partial charge in [0.2, 0.25) is 5.91 Å². The predicted octanol–water partition coefficient (Wildman–Crippen LogP) is 1.56. The van der Waals surface area contributed by atoms with Crippen LogP contribution in [0.3, 0.4) is 0 Å². The van der Waals surface area contributed by atoms with Crippen molar-refractivity contribution in [2.45, 2.75) is 19.5 Å². The summed E-state index contributed by atoms with van der Waals surface area (Å²) in [6.07, 6.45) is 0.151. The van der Waals surface area contributed by atoms with Crippen molar-refractivity contribution in [3.05, 3.63) is 60.4 Å². The van der Waals surface area contributed by atoms with E-state index in [1.54, 1.807) is 17.7 Å². The molecule has 1 aromatic carbocycles. The van der Waals surface area contributed by atoms with Gasteiger partial charge in [-0.1, -0.05) is 29.8 Å². The van der Waals surface area contributed by atoms with Crippen LogP contribution in [0.1, 0.15) is 12.0 Å². The number of hydrogen-bond donors (Lipinski definition) is 1. The van der Waals surface area contributed by atoms with Gasteiger partial charge in [0.1, 0.15) is 0 Å². The van der Waals surface area contributed by atoms with Crippen molar-refractivity contribution in [2.75, 3.05) is 0 Å². The van der Waals surface area contributed by atoms with Gasteiger partial charge in [0.05, 0.1) is 0 Å². The zero-order valence-electron chi connectivity index (χ0n) is 14.7. The van der Waals surface area contributed by atoms with E-state index in [9.17, 15) is 14.4 Å². The van der Waals surface area contributed by atoms with Crippen molar-refractivity contribution in [3.63, 3.8) is 0 Å². The highest BCUT2D eigenvalue weighted by molar-refractivity contribution is 9.10. The molecule has 0 unspecified atom stereocenters. The van der Waals surface area contributed by atoms with Crippen molar-refractivity contribution < 1.29 is 4.79 Å². The van der Waals surface area contributed by atoms with E-state index in [-0.39, 0.29) is 24.4 Å². The first-order valence-corrected chi connectivity index (χ1v) is 9.30. The molecule has 1 amide bonds. The van der Waals surface area contributed by atoms with E-state index in [2.05, 4.69) is 26.2 Å². The third-order valence-corrected chi connectivity index (χ3v) is 5.26. The van der Waals surface area contributed by atoms with Gasteiger partial charge in [-0.15, -0.1) is 0 Å². The lowest BCUT2D eigenvalue weighted by Crippen LogP contribution is -2.37. The van der Waals surface area contributed by atoms with Crippen molar-refractivity contribution in [2.24, 2.45) is 14.1 Å². The van der Waals surface area contributed by atoms with E-state index in [1.807, 2.05) is 18.2 Å². The topological polar surface area (TPSA) is 90.9 Å². The number of carbonyl (C=O) groups excluding carboxylic acids is 1. The fourth-order valence-corrected chi connectivity index (χ4v) is 3.52. The molecule has 0 bridgehead atoms. The molecular weight excluding hydrogens is 438 g/mol. The first-order chi connectivity index (χ1) is 12.8. The summed E-state index contributed by atoms with van der Waals surface area (Å²) in [5.74, 6) is -0.183. The van der Waals surface area contributed by atoms with Crippen molar-refractivity contribution >= 4 is 44.6 Å². The molecule has 1 N–H and O–H groups in total. The summed E-state index contributed by atoms with van der Waals surface area (Å²) in [4.78, 5) is 40.8. The Morgan fingerprint density at radius 2 is 1.93 bits per heavy atom. The number of benzene rings is 1. The van der Waals surface area contributed by atoms with E-state index >= 15 is 0 Å². The lowest BCUT2D eigenvalue weighted by Gasteiger charge is -2.10. The molecule has 27 heavy (non-hydrogen) atoms. The molecule has 0 aliphatic heterocycles. The van der Waals surface area contributed by atoms with Crippen LogP contribution in [-0.4, -0.2) is 24.6 Å². The molecule has 0 atom stereocenters. The number of imidazole rings is 1. The maximum atomic E-state index is 12.3. The minimum atomic E-state index is -0.476. The molecule has 0 saturated heterocycles. The van der Waals surface area contributed by atoms with Gasteiger partial charge in [0, 0.05) is 38.6 Å². The largest absolute Gasteiger partial charge is 0.352 e. The first kappa shape index (κ1) is 19.4. The second-order valence-electron chi connectivity index (χ2n) is 6.03. The molecule has 142 valence electrons. The number of carbonyl (C=O) groups is 1. The molecule has 0 fully saturated rings. The number of rotatable bonds is 5. The highest BCUT2D eigenvalue weighted by Crippen LogP contribution is 2.17. The van der Waals surface area contributed by atoms with Crippen LogP contribution in [0.5, 0.6) is 0 Å². The summed E-state index contributed by atoms with van der Waals surface area (Å²) in [7, 11) is 2.96. The Kier molecular flexibility index (Phi) is 5.52. The number of amides is 1. The van der Waals surface area contributed by atoms with Crippen LogP contribution in [0.4, 0.5) is 0 Å². The van der Waals surface area contributed by atoms with Crippen LogP contribution in [0.15, 0.2) is 38.6 Å². The van der Waals surface area contributed by atoms with Crippen molar-refractivity contribution in [3.8, 4) is 0 Å². The van der Waals surface area contributed by atoms with Gasteiger partial charge in [-0.2, -0.15) is 0 Å². The number of aryl methyl sites for hydroxylation is 2. The molecule has 0 spiro atoms. The molecule has 2 aromatic heterocycles. The monoisotopic (exact) mass is 453 g/mol. The van der Waals surface area contributed by atoms with E-state index in [1.165, 1.54) is 11.6 Å². The Bertz CT molecular complexity index is 1150. The van der Waals surface area contributed by atoms with Crippen molar-refractivity contribution in [1.29, 1.82) is 0 Å². The standard InChI is InChI=1S/C17H17BrClN5O3/c1-22-14-13(15(26)23(2)17(22)27)21-16(18)24(14)8-7-12(25)20-9-10-5-3-4-6-11(10)19/h3-6H,7-9H2,1-2H3,(H,20,25). The molecule has 3 aromatic rings. The third kappa shape index (κ3) is 3.70. The maximum absolute atomic E-state index is 12.3. The van der Waals surface area contributed by atoms with Gasteiger partial charge in [-0.3, -0.25) is 18.7 Å². The Hall–Kier alpha value is -2.39. The molecular formula is C17H17BrClN5O3. The average molecular weight is 455 g/mol. The SMILES string of the molecule is Cn1c(=O)c2nc(Br)n(CCC(=O)NCc3ccccc3Cl)c2n(C)c1=O. The van der Waals surface area contributed by atoms with Gasteiger partial charge in [0.15, 0.2) is 15.9 Å². The molecule has 8 nitrogen and oxygen atoms in total. The van der Waals surface area contributed by atoms with Crippen LogP contribution >= 0.6 is 27.5 Å². The molecule has 10 heteroatoms. The van der Waals surface area contributed by atoms with E-state index in [0.717, 1.165) is 10.1 Å². The molecule has 0 aliphatic carbocycles. The predicted molar refractivity (Wildman–Crippen MR) is 106 cm³/mol. The second kappa shape index (κ2) is 7.69. The van der Waals surface area contributed by atoms with Gasteiger partial charge in [0.25, 0.3) is 5.56 Å². The first-order valence-electron chi connectivity index (χ1n) is 8.13. The van der Waals surface area contributed by atoms with E-state index < -0.39 is 11.2 Å². The third-order valence-electron chi connectivity index (χ3n) is 4.29. The van der Waals surface area contributed by atoms with Crippen LogP contribution in [0.25, 0.3) is 11.2 Å². The number of aromatic nitrogens is 4. The van der Waals surface area contributed by atoms with Crippen LogP contribution < -0.4 is 16.6 Å². The highest BCUT2D eigenvalue weighted by atomic mass is 79.9. The normalized spacial score (nSPS) is 11.1. The summed E-state index contributed by atoms with van der Waals surface area (Å²) in [5, 5.41) is 3.40. The fraction of sp³-hybridized carbons (Fsp3) is 0.294. The quantitative estimate of drug-likeness (QED) is 0.592. The molecule has 3 rings (SSSR count). The highest BCUT2D eigenvalue weighted by Gasteiger charge is 2.18.